The van der Waals surface area contributed by atoms with Gasteiger partial charge in [0.25, 0.3) is 0 Å². The number of allylic oxidation sites excluding steroid dienone is 2. The first-order valence-corrected chi connectivity index (χ1v) is 16.7. The fraction of sp³-hybridized carbons (Fsp3) is 0.576. The summed E-state index contributed by atoms with van der Waals surface area (Å²) < 4.78 is 40.5. The van der Waals surface area contributed by atoms with Crippen LogP contribution < -0.4 is 0 Å². The summed E-state index contributed by atoms with van der Waals surface area (Å²) in [6, 6.07) is 3.50. The Morgan fingerprint density at radius 3 is 1.72 bits per heavy atom. The zero-order valence-corrected chi connectivity index (χ0v) is 27.9. The van der Waals surface area contributed by atoms with E-state index >= 15 is 0 Å². The van der Waals surface area contributed by atoms with Crippen molar-refractivity contribution in [3.63, 3.8) is 0 Å². The van der Waals surface area contributed by atoms with Crippen molar-refractivity contribution in [2.45, 2.75) is 98.2 Å². The number of phenolic OH excluding ortho intramolecular Hbond substituents is 2. The first-order chi connectivity index (χ1) is 25.7. The number of aromatic hydroxyl groups is 2. The molecule has 1 aromatic rings. The lowest BCUT2D eigenvalue weighted by Crippen LogP contribution is -2.64. The number of fused-ring (bicyclic) bond motifs is 1. The summed E-state index contributed by atoms with van der Waals surface area (Å²) in [5, 5.41) is 144. The van der Waals surface area contributed by atoms with Crippen molar-refractivity contribution in [1.29, 1.82) is 0 Å². The molecule has 300 valence electrons. The predicted molar refractivity (Wildman–Crippen MR) is 171 cm³/mol. The standard InChI is InChI=1S/C33H42O21/c34-7-18-21(40)24(43)27(46)31(51-18)49-16-5-11(37)4-15-12(16)6-17(29(48-15)10-1-2-13(38)14(39)3-10)50-33-30(26(45)23(42)20(9-36)53-33)54-32-28(47)25(44)22(41)19(8-35)52-32/h1-6,15,18-28,30-47H,7-9H2. The topological polar surface area (TPSA) is 348 Å². The number of hydrogen-bond donors (Lipinski definition) is 14. The molecule has 21 nitrogen and oxygen atoms in total. The Bertz CT molecular complexity index is 1620. The first-order valence-electron chi connectivity index (χ1n) is 16.7. The fourth-order valence-corrected chi connectivity index (χ4v) is 6.40. The summed E-state index contributed by atoms with van der Waals surface area (Å²) in [7, 11) is 0. The minimum atomic E-state index is -1.96. The third kappa shape index (κ3) is 7.62. The first kappa shape index (κ1) is 40.1. The van der Waals surface area contributed by atoms with Gasteiger partial charge in [0, 0.05) is 23.3 Å². The second-order valence-corrected chi connectivity index (χ2v) is 13.1. The van der Waals surface area contributed by atoms with Crippen LogP contribution in [0.3, 0.4) is 0 Å². The Morgan fingerprint density at radius 2 is 1.13 bits per heavy atom. The average molecular weight is 775 g/mol. The monoisotopic (exact) mass is 774 g/mol. The van der Waals surface area contributed by atoms with Gasteiger partial charge in [0.1, 0.15) is 84.8 Å². The van der Waals surface area contributed by atoms with Gasteiger partial charge in [-0.3, -0.25) is 0 Å². The molecule has 4 heterocycles. The highest BCUT2D eigenvalue weighted by Gasteiger charge is 2.52. The number of benzene rings is 1. The van der Waals surface area contributed by atoms with E-state index in [1.54, 1.807) is 0 Å². The van der Waals surface area contributed by atoms with E-state index in [1.807, 2.05) is 0 Å². The minimum absolute atomic E-state index is 0.0352. The maximum atomic E-state index is 11.2. The van der Waals surface area contributed by atoms with E-state index in [9.17, 15) is 71.5 Å². The maximum Gasteiger partial charge on any atom is 0.229 e. The maximum absolute atomic E-state index is 11.2. The van der Waals surface area contributed by atoms with Crippen LogP contribution in [0.25, 0.3) is 5.76 Å². The van der Waals surface area contributed by atoms with Crippen molar-refractivity contribution in [2.24, 2.45) is 0 Å². The summed E-state index contributed by atoms with van der Waals surface area (Å²) in [5.41, 5.74) is 0.0870. The number of aliphatic hydroxyl groups excluding tert-OH is 12. The van der Waals surface area contributed by atoms with Gasteiger partial charge in [0.2, 0.25) is 12.6 Å². The van der Waals surface area contributed by atoms with Gasteiger partial charge < -0.3 is 105 Å². The number of phenols is 2. The predicted octanol–water partition coefficient (Wildman–Crippen LogP) is -5.11. The second kappa shape index (κ2) is 16.2. The SMILES string of the molecule is OCC1OC(OC2=CC(O)=CC3OC(c4ccc(O)c(O)c4)=C(OC4OC(CO)C(O)C(O)C4OC4OC(CO)C(O)C(O)C4O)C=C23)C(O)C(O)C1O. The molecule has 14 N–H and O–H groups in total. The molecule has 4 aliphatic heterocycles. The quantitative estimate of drug-likeness (QED) is 0.0989. The Kier molecular flexibility index (Phi) is 12.0. The van der Waals surface area contributed by atoms with Crippen molar-refractivity contribution < 1.29 is 105 Å². The summed E-state index contributed by atoms with van der Waals surface area (Å²) in [6.45, 7) is -2.45. The van der Waals surface area contributed by atoms with Gasteiger partial charge in [-0.15, -0.1) is 0 Å². The smallest absolute Gasteiger partial charge is 0.229 e. The van der Waals surface area contributed by atoms with Crippen LogP contribution in [0.15, 0.2) is 59.3 Å². The summed E-state index contributed by atoms with van der Waals surface area (Å²) in [4.78, 5) is 0. The van der Waals surface area contributed by atoms with Crippen molar-refractivity contribution >= 4 is 5.76 Å². The average Bonchev–Trinajstić information content (AvgIpc) is 3.15. The molecule has 21 heteroatoms. The van der Waals surface area contributed by atoms with Crippen LogP contribution in [0, 0.1) is 0 Å². The largest absolute Gasteiger partial charge is 0.508 e. The minimum Gasteiger partial charge on any atom is -0.508 e. The highest BCUT2D eigenvalue weighted by atomic mass is 16.8. The lowest BCUT2D eigenvalue weighted by atomic mass is 9.95. The molecule has 16 atom stereocenters. The van der Waals surface area contributed by atoms with Gasteiger partial charge in [-0.1, -0.05) is 0 Å². The van der Waals surface area contributed by atoms with Gasteiger partial charge in [0.05, 0.1) is 19.8 Å². The molecule has 54 heavy (non-hydrogen) atoms. The van der Waals surface area contributed by atoms with Crippen LogP contribution in [0.5, 0.6) is 11.5 Å². The molecular formula is C33H42O21. The number of hydrogen-bond acceptors (Lipinski definition) is 21. The molecule has 0 spiro atoms. The van der Waals surface area contributed by atoms with Gasteiger partial charge in [-0.05, 0) is 24.3 Å². The summed E-state index contributed by atoms with van der Waals surface area (Å²) in [5.74, 6) is -2.30. The van der Waals surface area contributed by atoms with Crippen LogP contribution in [0.4, 0.5) is 0 Å². The van der Waals surface area contributed by atoms with E-state index in [-0.39, 0.29) is 28.4 Å². The molecule has 3 saturated heterocycles. The molecule has 6 rings (SSSR count). The van der Waals surface area contributed by atoms with E-state index in [4.69, 9.17) is 33.2 Å². The third-order valence-electron chi connectivity index (χ3n) is 9.48. The Hall–Kier alpha value is -3.62. The highest BCUT2D eigenvalue weighted by molar-refractivity contribution is 5.70. The van der Waals surface area contributed by atoms with Gasteiger partial charge in [-0.2, -0.15) is 0 Å². The lowest BCUT2D eigenvalue weighted by Gasteiger charge is -2.46. The molecule has 0 amide bonds. The Labute approximate surface area is 304 Å². The van der Waals surface area contributed by atoms with E-state index in [0.717, 1.165) is 18.2 Å². The number of aliphatic hydroxyl groups is 12. The molecule has 0 radical (unpaired) electrons. The zero-order chi connectivity index (χ0) is 39.2. The lowest BCUT2D eigenvalue weighted by molar-refractivity contribution is -0.363. The Balaban J connectivity index is 1.39. The fourth-order valence-electron chi connectivity index (χ4n) is 6.40. The third-order valence-corrected chi connectivity index (χ3v) is 9.48. The summed E-state index contributed by atoms with van der Waals surface area (Å²) in [6.07, 6.45) is -24.0. The van der Waals surface area contributed by atoms with Crippen molar-refractivity contribution in [1.82, 2.24) is 0 Å². The van der Waals surface area contributed by atoms with Crippen molar-refractivity contribution in [3.8, 4) is 11.5 Å². The van der Waals surface area contributed by atoms with Crippen LogP contribution in [-0.2, 0) is 33.2 Å². The molecule has 1 aliphatic carbocycles. The molecule has 0 saturated carbocycles. The van der Waals surface area contributed by atoms with Crippen LogP contribution in [-0.4, -0.2) is 190 Å². The van der Waals surface area contributed by atoms with E-state index in [0.29, 0.717) is 0 Å². The van der Waals surface area contributed by atoms with Gasteiger partial charge in [0.15, 0.2) is 35.4 Å². The number of rotatable bonds is 10. The van der Waals surface area contributed by atoms with E-state index in [2.05, 4.69) is 0 Å². The normalized spacial score (nSPS) is 41.2. The van der Waals surface area contributed by atoms with E-state index in [1.165, 1.54) is 18.2 Å². The van der Waals surface area contributed by atoms with Crippen molar-refractivity contribution in [2.75, 3.05) is 19.8 Å². The number of ether oxygens (including phenoxy) is 7. The van der Waals surface area contributed by atoms with Crippen LogP contribution in [0.1, 0.15) is 5.56 Å². The molecule has 16 unspecified atom stereocenters. The Morgan fingerprint density at radius 1 is 0.574 bits per heavy atom. The van der Waals surface area contributed by atoms with Crippen LogP contribution >= 0.6 is 0 Å². The van der Waals surface area contributed by atoms with E-state index < -0.39 is 135 Å². The molecule has 5 aliphatic rings. The molecule has 3 fully saturated rings. The van der Waals surface area contributed by atoms with Crippen LogP contribution in [0.2, 0.25) is 0 Å². The second-order valence-electron chi connectivity index (χ2n) is 13.1. The van der Waals surface area contributed by atoms with Crippen molar-refractivity contribution in [3.05, 3.63) is 64.8 Å². The van der Waals surface area contributed by atoms with Gasteiger partial charge >= 0.3 is 0 Å². The molecule has 0 aromatic heterocycles. The highest BCUT2D eigenvalue weighted by Crippen LogP contribution is 2.42. The molecule has 0 bridgehead atoms. The molecular weight excluding hydrogens is 732 g/mol. The zero-order valence-electron chi connectivity index (χ0n) is 27.9. The molecule has 1 aromatic carbocycles. The van der Waals surface area contributed by atoms with Gasteiger partial charge in [-0.25, -0.2) is 0 Å². The summed E-state index contributed by atoms with van der Waals surface area (Å²) >= 11 is 0.